The Balaban J connectivity index is 1.75. The molecule has 186 valence electrons. The van der Waals surface area contributed by atoms with Crippen LogP contribution in [0.25, 0.3) is 11.0 Å². The summed E-state index contributed by atoms with van der Waals surface area (Å²) in [6.45, 7) is 5.39. The van der Waals surface area contributed by atoms with Crippen molar-refractivity contribution in [2.75, 3.05) is 11.4 Å². The molecule has 0 N–H and O–H groups in total. The van der Waals surface area contributed by atoms with Crippen LogP contribution in [0.15, 0.2) is 94.7 Å². The summed E-state index contributed by atoms with van der Waals surface area (Å²) in [5.41, 5.74) is -0.982. The Bertz CT molecular complexity index is 1600. The summed E-state index contributed by atoms with van der Waals surface area (Å²) in [4.78, 5) is 44.8. The van der Waals surface area contributed by atoms with E-state index >= 15 is 0 Å². The molecule has 0 saturated carbocycles. The summed E-state index contributed by atoms with van der Waals surface area (Å²) in [5.74, 6) is -1.76. The zero-order valence-electron chi connectivity index (χ0n) is 19.9. The Hall–Kier alpha value is -4.23. The van der Waals surface area contributed by atoms with Gasteiger partial charge in [0, 0.05) is 23.8 Å². The number of rotatable bonds is 6. The van der Waals surface area contributed by atoms with E-state index in [9.17, 15) is 18.8 Å². The highest BCUT2D eigenvalue weighted by molar-refractivity contribution is 6.31. The standard InChI is InChI=1S/C29H22ClFN2O4/c1-3-15-32(21-7-5-4-6-8-21)28(36)29(2)24-25(34)22-16-19(30)11-14-23(22)37-26(24)27(35)33(29)17-18-9-12-20(31)13-10-18/h3-14,16H,1,15,17H2,2H3/t29-/m0/s1. The third kappa shape index (κ3) is 4.01. The predicted octanol–water partition coefficient (Wildman–Crippen LogP) is 5.68. The monoisotopic (exact) mass is 516 g/mol. The SMILES string of the molecule is C=CCN(C(=O)[C@]1(C)c2c(oc3ccc(Cl)cc3c2=O)C(=O)N1Cc1ccc(F)cc1)c1ccccc1. The molecule has 0 saturated heterocycles. The Kier molecular flexibility index (Phi) is 6.17. The smallest absolute Gasteiger partial charge is 0.291 e. The van der Waals surface area contributed by atoms with Crippen LogP contribution >= 0.6 is 11.6 Å². The van der Waals surface area contributed by atoms with Gasteiger partial charge >= 0.3 is 0 Å². The molecular weight excluding hydrogens is 495 g/mol. The van der Waals surface area contributed by atoms with Gasteiger partial charge in [-0.05, 0) is 55.0 Å². The number of carbonyl (C=O) groups is 2. The van der Waals surface area contributed by atoms with E-state index in [4.69, 9.17) is 16.0 Å². The molecule has 3 aromatic carbocycles. The van der Waals surface area contributed by atoms with Crippen molar-refractivity contribution >= 4 is 40.1 Å². The average Bonchev–Trinajstić information content (AvgIpc) is 3.11. The second-order valence-electron chi connectivity index (χ2n) is 8.91. The Morgan fingerprint density at radius 1 is 1.11 bits per heavy atom. The van der Waals surface area contributed by atoms with Gasteiger partial charge in [-0.15, -0.1) is 6.58 Å². The molecule has 0 radical (unpaired) electrons. The molecule has 37 heavy (non-hydrogen) atoms. The van der Waals surface area contributed by atoms with Gasteiger partial charge in [-0.1, -0.05) is 48.0 Å². The second-order valence-corrected chi connectivity index (χ2v) is 9.34. The molecule has 1 aromatic heterocycles. The molecule has 5 rings (SSSR count). The highest BCUT2D eigenvalue weighted by Crippen LogP contribution is 2.42. The fourth-order valence-corrected chi connectivity index (χ4v) is 4.92. The molecule has 0 spiro atoms. The third-order valence-electron chi connectivity index (χ3n) is 6.61. The number of amides is 2. The summed E-state index contributed by atoms with van der Waals surface area (Å²) >= 11 is 6.15. The van der Waals surface area contributed by atoms with E-state index in [1.54, 1.807) is 36.4 Å². The van der Waals surface area contributed by atoms with Crippen LogP contribution in [0.5, 0.6) is 0 Å². The van der Waals surface area contributed by atoms with E-state index in [1.807, 2.05) is 6.07 Å². The van der Waals surface area contributed by atoms with Crippen LogP contribution in [0, 0.1) is 5.82 Å². The lowest BCUT2D eigenvalue weighted by atomic mass is 9.89. The van der Waals surface area contributed by atoms with Crippen LogP contribution in [0.2, 0.25) is 5.02 Å². The number of halogens is 2. The van der Waals surface area contributed by atoms with Gasteiger partial charge in [-0.2, -0.15) is 0 Å². The van der Waals surface area contributed by atoms with E-state index in [2.05, 4.69) is 6.58 Å². The summed E-state index contributed by atoms with van der Waals surface area (Å²) in [7, 11) is 0. The first-order chi connectivity index (χ1) is 17.8. The van der Waals surface area contributed by atoms with Crippen molar-refractivity contribution in [3.8, 4) is 0 Å². The molecule has 1 aliphatic heterocycles. The van der Waals surface area contributed by atoms with Gasteiger partial charge < -0.3 is 14.2 Å². The number of para-hydroxylation sites is 1. The molecule has 6 nitrogen and oxygen atoms in total. The normalized spacial score (nSPS) is 16.6. The predicted molar refractivity (Wildman–Crippen MR) is 140 cm³/mol. The molecule has 2 amide bonds. The van der Waals surface area contributed by atoms with Crippen LogP contribution in [0.1, 0.15) is 28.6 Å². The molecule has 2 heterocycles. The summed E-state index contributed by atoms with van der Waals surface area (Å²) in [6.07, 6.45) is 1.57. The molecular formula is C29H22ClFN2O4. The lowest BCUT2D eigenvalue weighted by Crippen LogP contribution is -2.55. The summed E-state index contributed by atoms with van der Waals surface area (Å²) in [5, 5.41) is 0.481. The molecule has 0 fully saturated rings. The first-order valence-electron chi connectivity index (χ1n) is 11.6. The number of carbonyl (C=O) groups excluding carboxylic acids is 2. The van der Waals surface area contributed by atoms with Crippen molar-refractivity contribution in [1.29, 1.82) is 0 Å². The van der Waals surface area contributed by atoms with Crippen LogP contribution in [-0.4, -0.2) is 23.3 Å². The number of hydrogen-bond acceptors (Lipinski definition) is 4. The lowest BCUT2D eigenvalue weighted by molar-refractivity contribution is -0.128. The topological polar surface area (TPSA) is 70.8 Å². The van der Waals surface area contributed by atoms with Crippen LogP contribution in [0.4, 0.5) is 10.1 Å². The number of anilines is 1. The summed E-state index contributed by atoms with van der Waals surface area (Å²) < 4.78 is 19.5. The first kappa shape index (κ1) is 24.5. The highest BCUT2D eigenvalue weighted by Gasteiger charge is 2.56. The van der Waals surface area contributed by atoms with Gasteiger partial charge in [0.15, 0.2) is 11.0 Å². The Labute approximate surface area is 217 Å². The quantitative estimate of drug-likeness (QED) is 0.309. The zero-order valence-corrected chi connectivity index (χ0v) is 20.7. The fourth-order valence-electron chi connectivity index (χ4n) is 4.75. The van der Waals surface area contributed by atoms with E-state index in [-0.39, 0.29) is 35.4 Å². The molecule has 1 atom stereocenters. The molecule has 0 unspecified atom stereocenters. The maximum absolute atomic E-state index is 14.4. The highest BCUT2D eigenvalue weighted by atomic mass is 35.5. The van der Waals surface area contributed by atoms with Gasteiger partial charge in [-0.25, -0.2) is 4.39 Å². The van der Waals surface area contributed by atoms with Gasteiger partial charge in [0.05, 0.1) is 10.9 Å². The second kappa shape index (κ2) is 9.33. The zero-order chi connectivity index (χ0) is 26.3. The van der Waals surface area contributed by atoms with Crippen LogP contribution in [0.3, 0.4) is 0 Å². The summed E-state index contributed by atoms with van der Waals surface area (Å²) in [6, 6.07) is 19.0. The van der Waals surface area contributed by atoms with Crippen molar-refractivity contribution in [2.45, 2.75) is 19.0 Å². The minimum absolute atomic E-state index is 0.0567. The van der Waals surface area contributed by atoms with Crippen molar-refractivity contribution in [3.63, 3.8) is 0 Å². The molecule has 0 aliphatic carbocycles. The first-order valence-corrected chi connectivity index (χ1v) is 11.9. The third-order valence-corrected chi connectivity index (χ3v) is 6.85. The van der Waals surface area contributed by atoms with Crippen molar-refractivity contribution < 1.29 is 18.4 Å². The van der Waals surface area contributed by atoms with E-state index in [0.29, 0.717) is 16.3 Å². The average molecular weight is 517 g/mol. The van der Waals surface area contributed by atoms with Crippen molar-refractivity contribution in [1.82, 2.24) is 4.90 Å². The van der Waals surface area contributed by atoms with Crippen molar-refractivity contribution in [2.24, 2.45) is 0 Å². The minimum atomic E-state index is -1.74. The minimum Gasteiger partial charge on any atom is -0.450 e. The van der Waals surface area contributed by atoms with Gasteiger partial charge in [0.2, 0.25) is 5.76 Å². The maximum atomic E-state index is 14.4. The van der Waals surface area contributed by atoms with E-state index in [0.717, 1.165) is 0 Å². The van der Waals surface area contributed by atoms with Gasteiger partial charge in [-0.3, -0.25) is 14.4 Å². The van der Waals surface area contributed by atoms with Crippen LogP contribution in [-0.2, 0) is 16.9 Å². The molecule has 8 heteroatoms. The van der Waals surface area contributed by atoms with E-state index in [1.165, 1.54) is 53.1 Å². The number of nitrogens with zero attached hydrogens (tertiary/aromatic N) is 2. The number of benzene rings is 3. The number of fused-ring (bicyclic) bond motifs is 2. The van der Waals surface area contributed by atoms with Gasteiger partial charge in [0.1, 0.15) is 11.4 Å². The lowest BCUT2D eigenvalue weighted by Gasteiger charge is -2.38. The number of hydrogen-bond donors (Lipinski definition) is 0. The Morgan fingerprint density at radius 3 is 2.49 bits per heavy atom. The largest absolute Gasteiger partial charge is 0.450 e. The van der Waals surface area contributed by atoms with Gasteiger partial charge in [0.25, 0.3) is 11.8 Å². The maximum Gasteiger partial charge on any atom is 0.291 e. The molecule has 1 aliphatic rings. The fraction of sp³-hybridized carbons (Fsp3) is 0.138. The van der Waals surface area contributed by atoms with Crippen molar-refractivity contribution in [3.05, 3.63) is 123 Å². The van der Waals surface area contributed by atoms with E-state index < -0.39 is 28.6 Å². The molecule has 4 aromatic rings. The molecule has 0 bridgehead atoms. The van der Waals surface area contributed by atoms with Crippen LogP contribution < -0.4 is 10.3 Å². The Morgan fingerprint density at radius 2 is 1.81 bits per heavy atom.